The summed E-state index contributed by atoms with van der Waals surface area (Å²) >= 11 is 0. The smallest absolute Gasteiger partial charge is 0.293 e. The van der Waals surface area contributed by atoms with Gasteiger partial charge in [-0.05, 0) is 39.8 Å². The highest BCUT2D eigenvalue weighted by Gasteiger charge is 2.42. The second kappa shape index (κ2) is 5.96. The molecule has 7 heteroatoms. The summed E-state index contributed by atoms with van der Waals surface area (Å²) in [5.41, 5.74) is -0.0541. The van der Waals surface area contributed by atoms with E-state index in [2.05, 4.69) is 29.1 Å². The van der Waals surface area contributed by atoms with E-state index in [4.69, 9.17) is 4.74 Å². The molecule has 1 aromatic heterocycles. The normalized spacial score (nSPS) is 24.9. The number of carbonyl (C=O) groups is 1. The molecule has 1 aromatic rings. The van der Waals surface area contributed by atoms with Crippen molar-refractivity contribution in [2.24, 2.45) is 7.05 Å². The predicted molar refractivity (Wildman–Crippen MR) is 81.5 cm³/mol. The van der Waals surface area contributed by atoms with Gasteiger partial charge in [0.15, 0.2) is 0 Å². The van der Waals surface area contributed by atoms with E-state index >= 15 is 0 Å². The van der Waals surface area contributed by atoms with E-state index in [9.17, 15) is 4.79 Å². The molecular weight excluding hydrogens is 282 g/mol. The van der Waals surface area contributed by atoms with Crippen LogP contribution in [0.4, 0.5) is 0 Å². The van der Waals surface area contributed by atoms with Crippen LogP contribution in [-0.4, -0.2) is 75.9 Å². The summed E-state index contributed by atoms with van der Waals surface area (Å²) in [6, 6.07) is 0.577. The summed E-state index contributed by atoms with van der Waals surface area (Å²) in [4.78, 5) is 20.6. The highest BCUT2D eigenvalue weighted by Crippen LogP contribution is 2.36. The lowest BCUT2D eigenvalue weighted by Gasteiger charge is -2.47. The van der Waals surface area contributed by atoms with Gasteiger partial charge in [0.25, 0.3) is 5.91 Å². The van der Waals surface area contributed by atoms with E-state index < -0.39 is 0 Å². The Morgan fingerprint density at radius 1 is 1.41 bits per heavy atom. The molecule has 1 spiro atoms. The van der Waals surface area contributed by atoms with Crippen molar-refractivity contribution in [3.05, 3.63) is 12.2 Å². The zero-order valence-corrected chi connectivity index (χ0v) is 13.7. The van der Waals surface area contributed by atoms with Crippen LogP contribution in [0.3, 0.4) is 0 Å². The molecule has 1 amide bonds. The van der Waals surface area contributed by atoms with E-state index in [0.29, 0.717) is 6.04 Å². The Morgan fingerprint density at radius 2 is 2.14 bits per heavy atom. The van der Waals surface area contributed by atoms with Crippen molar-refractivity contribution >= 4 is 5.91 Å². The summed E-state index contributed by atoms with van der Waals surface area (Å²) in [7, 11) is 6.04. The van der Waals surface area contributed by atoms with Crippen LogP contribution in [-0.2, 0) is 11.8 Å². The lowest BCUT2D eigenvalue weighted by Crippen LogP contribution is -2.53. The number of hydrogen-bond donors (Lipinski definition) is 0. The third-order valence-corrected chi connectivity index (χ3v) is 4.95. The minimum Gasteiger partial charge on any atom is -0.375 e. The van der Waals surface area contributed by atoms with Gasteiger partial charge in [0.2, 0.25) is 5.82 Å². The molecule has 122 valence electrons. The number of aryl methyl sites for hydroxylation is 1. The van der Waals surface area contributed by atoms with Gasteiger partial charge < -0.3 is 14.5 Å². The first kappa shape index (κ1) is 15.4. The quantitative estimate of drug-likeness (QED) is 0.797. The first-order chi connectivity index (χ1) is 10.5. The van der Waals surface area contributed by atoms with Crippen molar-refractivity contribution in [1.82, 2.24) is 24.6 Å². The van der Waals surface area contributed by atoms with Crippen LogP contribution >= 0.6 is 0 Å². The van der Waals surface area contributed by atoms with Crippen LogP contribution in [0.25, 0.3) is 0 Å². The van der Waals surface area contributed by atoms with Crippen molar-refractivity contribution in [1.29, 1.82) is 0 Å². The summed E-state index contributed by atoms with van der Waals surface area (Å²) in [6.45, 7) is 2.26. The number of piperidine rings is 1. The number of amides is 1. The van der Waals surface area contributed by atoms with Crippen LogP contribution in [0.1, 0.15) is 36.3 Å². The molecule has 3 heterocycles. The molecule has 0 bridgehead atoms. The van der Waals surface area contributed by atoms with Crippen molar-refractivity contribution in [2.45, 2.75) is 37.3 Å². The maximum atomic E-state index is 12.4. The Hall–Kier alpha value is -1.47. The van der Waals surface area contributed by atoms with Crippen molar-refractivity contribution in [2.75, 3.05) is 33.8 Å². The molecule has 0 aromatic carbocycles. The Bertz CT molecular complexity index is 534. The van der Waals surface area contributed by atoms with Gasteiger partial charge in [-0.1, -0.05) is 0 Å². The fourth-order valence-corrected chi connectivity index (χ4v) is 3.49. The Kier molecular flexibility index (Phi) is 4.18. The summed E-state index contributed by atoms with van der Waals surface area (Å²) < 4.78 is 7.68. The third kappa shape index (κ3) is 3.01. The van der Waals surface area contributed by atoms with Crippen LogP contribution in [0.2, 0.25) is 0 Å². The topological polar surface area (TPSA) is 63.5 Å². The molecule has 2 saturated heterocycles. The maximum Gasteiger partial charge on any atom is 0.293 e. The number of hydrogen-bond acceptors (Lipinski definition) is 5. The van der Waals surface area contributed by atoms with Gasteiger partial charge in [-0.3, -0.25) is 9.48 Å². The van der Waals surface area contributed by atoms with Crippen molar-refractivity contribution < 1.29 is 9.53 Å². The molecular formula is C15H25N5O2. The molecule has 0 N–H and O–H groups in total. The van der Waals surface area contributed by atoms with Crippen LogP contribution in [0.15, 0.2) is 6.33 Å². The largest absolute Gasteiger partial charge is 0.375 e. The summed E-state index contributed by atoms with van der Waals surface area (Å²) in [6.07, 6.45) is 5.51. The molecule has 2 fully saturated rings. The maximum absolute atomic E-state index is 12.4. The third-order valence-electron chi connectivity index (χ3n) is 4.95. The van der Waals surface area contributed by atoms with E-state index in [0.717, 1.165) is 45.4 Å². The van der Waals surface area contributed by atoms with Gasteiger partial charge in [0.05, 0.1) is 5.60 Å². The number of ether oxygens (including phenoxy) is 1. The van der Waals surface area contributed by atoms with Gasteiger partial charge in [0.1, 0.15) is 6.33 Å². The van der Waals surface area contributed by atoms with E-state index in [1.807, 2.05) is 4.90 Å². The number of rotatable bonds is 2. The van der Waals surface area contributed by atoms with Gasteiger partial charge in [-0.15, -0.1) is 5.10 Å². The average molecular weight is 307 g/mol. The fraction of sp³-hybridized carbons (Fsp3) is 0.800. The Labute approximate surface area is 131 Å². The number of carbonyl (C=O) groups excluding carboxylic acids is 1. The minimum atomic E-state index is -0.0737. The van der Waals surface area contributed by atoms with Gasteiger partial charge in [0, 0.05) is 32.8 Å². The first-order valence-corrected chi connectivity index (χ1v) is 7.94. The Balaban J connectivity index is 1.61. The van der Waals surface area contributed by atoms with E-state index in [1.165, 1.54) is 0 Å². The minimum absolute atomic E-state index is 0.0541. The zero-order valence-electron chi connectivity index (χ0n) is 13.7. The van der Waals surface area contributed by atoms with Crippen LogP contribution < -0.4 is 0 Å². The Morgan fingerprint density at radius 3 is 2.73 bits per heavy atom. The first-order valence-electron chi connectivity index (χ1n) is 7.94. The zero-order chi connectivity index (χ0) is 15.7. The highest BCUT2D eigenvalue weighted by molar-refractivity contribution is 5.90. The fourth-order valence-electron chi connectivity index (χ4n) is 3.49. The van der Waals surface area contributed by atoms with Crippen molar-refractivity contribution in [3.8, 4) is 0 Å². The number of aromatic nitrogens is 3. The number of likely N-dealkylation sites (tertiary alicyclic amines) is 1. The standard InChI is InChI=1S/C15H25N5O2/c1-18(2)12-4-9-22-15(10-12)5-7-20(8-6-15)14(21)13-16-11-19(3)17-13/h11-12H,4-10H2,1-3H3. The summed E-state index contributed by atoms with van der Waals surface area (Å²) in [5, 5.41) is 4.10. The predicted octanol–water partition coefficient (Wildman–Crippen LogP) is 0.530. The number of nitrogens with zero attached hydrogens (tertiary/aromatic N) is 5. The molecule has 7 nitrogen and oxygen atoms in total. The van der Waals surface area contributed by atoms with Crippen LogP contribution in [0.5, 0.6) is 0 Å². The highest BCUT2D eigenvalue weighted by atomic mass is 16.5. The molecule has 22 heavy (non-hydrogen) atoms. The van der Waals surface area contributed by atoms with Gasteiger partial charge in [-0.2, -0.15) is 0 Å². The van der Waals surface area contributed by atoms with Gasteiger partial charge >= 0.3 is 0 Å². The van der Waals surface area contributed by atoms with Crippen LogP contribution in [0, 0.1) is 0 Å². The second-order valence-corrected chi connectivity index (χ2v) is 6.68. The molecule has 1 unspecified atom stereocenters. The van der Waals surface area contributed by atoms with Gasteiger partial charge in [-0.25, -0.2) is 4.98 Å². The summed E-state index contributed by atoms with van der Waals surface area (Å²) in [5.74, 6) is 0.213. The lowest BCUT2D eigenvalue weighted by atomic mass is 9.82. The molecule has 2 aliphatic rings. The lowest BCUT2D eigenvalue weighted by molar-refractivity contribution is -0.125. The van der Waals surface area contributed by atoms with E-state index in [1.54, 1.807) is 18.1 Å². The SMILES string of the molecule is CN(C)C1CCOC2(CCN(C(=O)c3ncn(C)n3)CC2)C1. The van der Waals surface area contributed by atoms with Crippen molar-refractivity contribution in [3.63, 3.8) is 0 Å². The monoisotopic (exact) mass is 307 g/mol. The molecule has 1 atom stereocenters. The average Bonchev–Trinajstić information content (AvgIpc) is 2.94. The molecule has 0 radical (unpaired) electrons. The molecule has 3 rings (SSSR count). The second-order valence-electron chi connectivity index (χ2n) is 6.68. The molecule has 2 aliphatic heterocycles. The van der Waals surface area contributed by atoms with E-state index in [-0.39, 0.29) is 17.3 Å². The molecule has 0 saturated carbocycles. The molecule has 0 aliphatic carbocycles.